The minimum Gasteiger partial charge on any atom is -0.396 e. The zero-order chi connectivity index (χ0) is 28.4. The van der Waals surface area contributed by atoms with E-state index >= 15 is 0 Å². The van der Waals surface area contributed by atoms with Crippen molar-refractivity contribution in [2.24, 2.45) is 0 Å². The largest absolute Gasteiger partial charge is 0.396 e. The number of hydrogen-bond donors (Lipinski definition) is 4. The molecule has 10 heteroatoms. The van der Waals surface area contributed by atoms with Gasteiger partial charge in [-0.2, -0.15) is 0 Å². The monoisotopic (exact) mass is 590 g/mol. The highest BCUT2D eigenvalue weighted by Crippen LogP contribution is 2.32. The van der Waals surface area contributed by atoms with Crippen molar-refractivity contribution in [3.05, 3.63) is 88.4 Å². The molecule has 3 aromatic carbocycles. The standard InChI is InChI=1S/C29H35ClN2O5S2/c1-20(2)38-28-18-23(11-12-26(28)29(35)32-39(36,37)16-4-15-33)22-9-7-21(8-10-22)13-14-31-19-27(34)24-5-3-6-25(30)17-24/h3,5-12,17-18,20,27,31,33-34H,4,13-16,19H2,1-2H3,(H,32,35)/t27-/m1/s1. The molecule has 39 heavy (non-hydrogen) atoms. The predicted molar refractivity (Wildman–Crippen MR) is 159 cm³/mol. The van der Waals surface area contributed by atoms with Gasteiger partial charge in [-0.25, -0.2) is 13.1 Å². The van der Waals surface area contributed by atoms with E-state index in [4.69, 9.17) is 16.7 Å². The second kappa shape index (κ2) is 14.8. The van der Waals surface area contributed by atoms with E-state index in [1.807, 2.05) is 62.4 Å². The molecule has 0 unspecified atom stereocenters. The number of halogens is 1. The number of carbonyl (C=O) groups excluding carboxylic acids is 1. The molecule has 0 aliphatic carbocycles. The van der Waals surface area contributed by atoms with Crippen LogP contribution in [0.5, 0.6) is 0 Å². The van der Waals surface area contributed by atoms with Gasteiger partial charge in [-0.3, -0.25) is 4.79 Å². The van der Waals surface area contributed by atoms with Gasteiger partial charge in [-0.15, -0.1) is 11.8 Å². The zero-order valence-electron chi connectivity index (χ0n) is 22.1. The number of amides is 1. The van der Waals surface area contributed by atoms with Crippen LogP contribution in [0.25, 0.3) is 11.1 Å². The highest BCUT2D eigenvalue weighted by atomic mass is 35.5. The molecule has 0 aliphatic rings. The number of thioether (sulfide) groups is 1. The molecule has 0 saturated carbocycles. The predicted octanol–water partition coefficient (Wildman–Crippen LogP) is 4.82. The Kier molecular flexibility index (Phi) is 11.8. The van der Waals surface area contributed by atoms with Gasteiger partial charge in [-0.1, -0.05) is 67.9 Å². The molecule has 0 heterocycles. The molecule has 0 aliphatic heterocycles. The molecule has 0 spiro atoms. The molecule has 3 rings (SSSR count). The van der Waals surface area contributed by atoms with Gasteiger partial charge in [0.1, 0.15) is 0 Å². The fraction of sp³-hybridized carbons (Fsp3) is 0.345. The van der Waals surface area contributed by atoms with Gasteiger partial charge in [0.25, 0.3) is 5.91 Å². The normalized spacial score (nSPS) is 12.5. The molecule has 0 radical (unpaired) electrons. The number of hydrogen-bond acceptors (Lipinski definition) is 7. The highest BCUT2D eigenvalue weighted by molar-refractivity contribution is 8.00. The lowest BCUT2D eigenvalue weighted by Gasteiger charge is -2.14. The maximum absolute atomic E-state index is 12.8. The van der Waals surface area contributed by atoms with Gasteiger partial charge in [0.15, 0.2) is 0 Å². The van der Waals surface area contributed by atoms with Crippen LogP contribution in [0, 0.1) is 0 Å². The molecule has 7 nitrogen and oxygen atoms in total. The lowest BCUT2D eigenvalue weighted by atomic mass is 10.0. The lowest BCUT2D eigenvalue weighted by molar-refractivity contribution is 0.0978. The van der Waals surface area contributed by atoms with Gasteiger partial charge in [0.2, 0.25) is 10.0 Å². The topological polar surface area (TPSA) is 116 Å². The van der Waals surface area contributed by atoms with Crippen molar-refractivity contribution in [1.29, 1.82) is 0 Å². The van der Waals surface area contributed by atoms with E-state index in [1.165, 1.54) is 11.8 Å². The van der Waals surface area contributed by atoms with Crippen LogP contribution in [0.3, 0.4) is 0 Å². The Balaban J connectivity index is 1.63. The smallest absolute Gasteiger partial charge is 0.265 e. The fourth-order valence-corrected chi connectivity index (χ4v) is 6.10. The van der Waals surface area contributed by atoms with Gasteiger partial charge in [0, 0.05) is 28.3 Å². The van der Waals surface area contributed by atoms with Crippen LogP contribution < -0.4 is 10.0 Å². The summed E-state index contributed by atoms with van der Waals surface area (Å²) in [7, 11) is -3.83. The molecule has 210 valence electrons. The third kappa shape index (κ3) is 9.94. The first-order valence-electron chi connectivity index (χ1n) is 12.8. The fourth-order valence-electron chi connectivity index (χ4n) is 3.91. The Morgan fingerprint density at radius 2 is 1.74 bits per heavy atom. The van der Waals surface area contributed by atoms with Gasteiger partial charge < -0.3 is 15.5 Å². The molecule has 0 fully saturated rings. The number of benzene rings is 3. The number of nitrogens with one attached hydrogen (secondary N) is 2. The van der Waals surface area contributed by atoms with Gasteiger partial charge in [-0.05, 0) is 65.9 Å². The van der Waals surface area contributed by atoms with Crippen molar-refractivity contribution >= 4 is 39.3 Å². The summed E-state index contributed by atoms with van der Waals surface area (Å²) in [5.74, 6) is -0.990. The summed E-state index contributed by atoms with van der Waals surface area (Å²) in [6, 6.07) is 20.7. The van der Waals surface area contributed by atoms with Crippen molar-refractivity contribution < 1.29 is 23.4 Å². The third-order valence-electron chi connectivity index (χ3n) is 5.86. The van der Waals surface area contributed by atoms with Gasteiger partial charge in [0.05, 0.1) is 17.4 Å². The van der Waals surface area contributed by atoms with Crippen LogP contribution in [0.15, 0.2) is 71.6 Å². The average Bonchev–Trinajstić information content (AvgIpc) is 2.89. The van der Waals surface area contributed by atoms with Crippen LogP contribution in [0.4, 0.5) is 0 Å². The average molecular weight is 591 g/mol. The molecule has 4 N–H and O–H groups in total. The number of aliphatic hydroxyl groups is 2. The molecule has 1 amide bonds. The van der Waals surface area contributed by atoms with Crippen molar-refractivity contribution in [2.75, 3.05) is 25.4 Å². The van der Waals surface area contributed by atoms with E-state index in [2.05, 4.69) is 10.0 Å². The Labute approximate surface area is 240 Å². The Morgan fingerprint density at radius 1 is 1.03 bits per heavy atom. The van der Waals surface area contributed by atoms with Crippen LogP contribution in [0.2, 0.25) is 5.02 Å². The molecular weight excluding hydrogens is 556 g/mol. The van der Waals surface area contributed by atoms with E-state index in [-0.39, 0.29) is 24.0 Å². The van der Waals surface area contributed by atoms with Crippen molar-refractivity contribution in [3.8, 4) is 11.1 Å². The van der Waals surface area contributed by atoms with Crippen LogP contribution in [0.1, 0.15) is 47.9 Å². The molecular formula is C29H35ClN2O5S2. The number of carbonyl (C=O) groups is 1. The van der Waals surface area contributed by atoms with Gasteiger partial charge >= 0.3 is 0 Å². The second-order valence-electron chi connectivity index (χ2n) is 9.43. The highest BCUT2D eigenvalue weighted by Gasteiger charge is 2.20. The number of sulfonamides is 1. The second-order valence-corrected chi connectivity index (χ2v) is 13.3. The zero-order valence-corrected chi connectivity index (χ0v) is 24.5. The molecule has 0 aromatic heterocycles. The molecule has 3 aromatic rings. The van der Waals surface area contributed by atoms with E-state index in [0.29, 0.717) is 28.6 Å². The Morgan fingerprint density at radius 3 is 2.41 bits per heavy atom. The first-order chi connectivity index (χ1) is 18.6. The van der Waals surface area contributed by atoms with Crippen LogP contribution in [-0.2, 0) is 16.4 Å². The first kappa shape index (κ1) is 31.1. The van der Waals surface area contributed by atoms with Crippen LogP contribution in [-0.4, -0.2) is 55.2 Å². The summed E-state index contributed by atoms with van der Waals surface area (Å²) in [4.78, 5) is 13.5. The summed E-state index contributed by atoms with van der Waals surface area (Å²) >= 11 is 7.49. The first-order valence-corrected chi connectivity index (χ1v) is 15.7. The van der Waals surface area contributed by atoms with E-state index in [1.54, 1.807) is 18.2 Å². The summed E-state index contributed by atoms with van der Waals surface area (Å²) in [6.07, 6.45) is 0.224. The SMILES string of the molecule is CC(C)Sc1cc(-c2ccc(CCNC[C@@H](O)c3cccc(Cl)c3)cc2)ccc1C(=O)NS(=O)(=O)CCCO. The molecule has 1 atom stereocenters. The Hall–Kier alpha value is -2.40. The molecule has 0 bridgehead atoms. The number of rotatable bonds is 14. The molecule has 0 saturated heterocycles. The summed E-state index contributed by atoms with van der Waals surface area (Å²) < 4.78 is 26.4. The number of aliphatic hydroxyl groups excluding tert-OH is 2. The minimum absolute atomic E-state index is 0.0617. The maximum atomic E-state index is 12.8. The minimum atomic E-state index is -3.83. The maximum Gasteiger partial charge on any atom is 0.265 e. The third-order valence-corrected chi connectivity index (χ3v) is 8.48. The summed E-state index contributed by atoms with van der Waals surface area (Å²) in [5, 5.41) is 23.3. The van der Waals surface area contributed by atoms with E-state index < -0.39 is 22.0 Å². The van der Waals surface area contributed by atoms with E-state index in [0.717, 1.165) is 28.7 Å². The summed E-state index contributed by atoms with van der Waals surface area (Å²) in [6.45, 7) is 4.89. The Bertz CT molecular complexity index is 1350. The van der Waals surface area contributed by atoms with E-state index in [9.17, 15) is 18.3 Å². The lowest BCUT2D eigenvalue weighted by Crippen LogP contribution is -2.33. The van der Waals surface area contributed by atoms with Crippen molar-refractivity contribution in [2.45, 2.75) is 42.9 Å². The quantitative estimate of drug-likeness (QED) is 0.157. The van der Waals surface area contributed by atoms with Crippen LogP contribution >= 0.6 is 23.4 Å². The summed E-state index contributed by atoms with van der Waals surface area (Å²) in [5.41, 5.74) is 4.13. The van der Waals surface area contributed by atoms with Crippen molar-refractivity contribution in [3.63, 3.8) is 0 Å². The van der Waals surface area contributed by atoms with Crippen molar-refractivity contribution in [1.82, 2.24) is 10.0 Å².